The van der Waals surface area contributed by atoms with E-state index in [-0.39, 0.29) is 12.5 Å². The Bertz CT molecular complexity index is 660. The molecule has 0 spiro atoms. The molecule has 0 amide bonds. The Morgan fingerprint density at radius 3 is 2.77 bits per heavy atom. The Morgan fingerprint density at radius 2 is 2.14 bits per heavy atom. The van der Waals surface area contributed by atoms with Crippen LogP contribution < -0.4 is 0 Å². The molecule has 1 N–H and O–H groups in total. The number of aryl methyl sites for hydroxylation is 2. The molecule has 0 radical (unpaired) electrons. The summed E-state index contributed by atoms with van der Waals surface area (Å²) in [5.41, 5.74) is 1.37. The van der Waals surface area contributed by atoms with Crippen molar-refractivity contribution in [3.8, 4) is 0 Å². The predicted octanol–water partition coefficient (Wildman–Crippen LogP) is 1.29. The Hall–Kier alpha value is -1.54. The fourth-order valence-corrected chi connectivity index (χ4v) is 3.85. The van der Waals surface area contributed by atoms with Crippen LogP contribution in [0.4, 0.5) is 0 Å². The van der Waals surface area contributed by atoms with Gasteiger partial charge in [0.2, 0.25) is 10.0 Å². The van der Waals surface area contributed by atoms with Gasteiger partial charge in [-0.25, -0.2) is 18.4 Å². The second kappa shape index (κ2) is 6.70. The fraction of sp³-hybridized carbons (Fsp3) is 0.643. The average molecular weight is 327 g/mol. The van der Waals surface area contributed by atoms with Crippen LogP contribution in [0, 0.1) is 6.92 Å². The molecule has 1 aromatic heterocycles. The molecule has 0 aromatic carbocycles. The number of rotatable bonds is 5. The van der Waals surface area contributed by atoms with Crippen LogP contribution in [0.15, 0.2) is 6.07 Å². The van der Waals surface area contributed by atoms with Crippen LogP contribution in [0.5, 0.6) is 0 Å². The highest BCUT2D eigenvalue weighted by Gasteiger charge is 2.32. The quantitative estimate of drug-likeness (QED) is 0.874. The molecule has 22 heavy (non-hydrogen) atoms. The molecule has 0 bridgehead atoms. The van der Waals surface area contributed by atoms with Gasteiger partial charge in [-0.05, 0) is 25.8 Å². The molecule has 7 nitrogen and oxygen atoms in total. The molecule has 122 valence electrons. The summed E-state index contributed by atoms with van der Waals surface area (Å²) in [6, 6.07) is 1.40. The van der Waals surface area contributed by atoms with Crippen LogP contribution in [-0.4, -0.2) is 46.6 Å². The highest BCUT2D eigenvalue weighted by atomic mass is 32.2. The SMILES string of the molecule is Cc1cc(CCC(=O)O)nc([C@@H]2CCCCN2S(C)(=O)=O)n1. The van der Waals surface area contributed by atoms with E-state index in [2.05, 4.69) is 9.97 Å². The Balaban J connectivity index is 2.31. The summed E-state index contributed by atoms with van der Waals surface area (Å²) in [7, 11) is -3.32. The summed E-state index contributed by atoms with van der Waals surface area (Å²) < 4.78 is 25.3. The zero-order valence-electron chi connectivity index (χ0n) is 12.8. The molecule has 1 saturated heterocycles. The van der Waals surface area contributed by atoms with Gasteiger partial charge in [0, 0.05) is 24.4 Å². The summed E-state index contributed by atoms with van der Waals surface area (Å²) in [6.07, 6.45) is 3.97. The number of carbonyl (C=O) groups is 1. The number of hydrogen-bond donors (Lipinski definition) is 1. The van der Waals surface area contributed by atoms with Crippen molar-refractivity contribution >= 4 is 16.0 Å². The molecule has 2 rings (SSSR count). The van der Waals surface area contributed by atoms with Crippen molar-refractivity contribution in [3.63, 3.8) is 0 Å². The van der Waals surface area contributed by atoms with Crippen LogP contribution in [0.2, 0.25) is 0 Å². The first-order chi connectivity index (χ1) is 10.3. The molecule has 8 heteroatoms. The van der Waals surface area contributed by atoms with E-state index in [4.69, 9.17) is 5.11 Å². The van der Waals surface area contributed by atoms with Gasteiger partial charge in [0.1, 0.15) is 5.82 Å². The van der Waals surface area contributed by atoms with Crippen molar-refractivity contribution in [2.75, 3.05) is 12.8 Å². The molecule has 1 aliphatic rings. The van der Waals surface area contributed by atoms with Gasteiger partial charge in [-0.1, -0.05) is 6.42 Å². The van der Waals surface area contributed by atoms with E-state index >= 15 is 0 Å². The lowest BCUT2D eigenvalue weighted by Crippen LogP contribution is -2.38. The van der Waals surface area contributed by atoms with Crippen molar-refractivity contribution in [1.82, 2.24) is 14.3 Å². The summed E-state index contributed by atoms with van der Waals surface area (Å²) >= 11 is 0. The maximum absolute atomic E-state index is 11.9. The van der Waals surface area contributed by atoms with E-state index in [1.165, 1.54) is 10.6 Å². The zero-order chi connectivity index (χ0) is 16.3. The third-order valence-electron chi connectivity index (χ3n) is 3.70. The van der Waals surface area contributed by atoms with Gasteiger partial charge < -0.3 is 5.11 Å². The van der Waals surface area contributed by atoms with Gasteiger partial charge >= 0.3 is 5.97 Å². The third-order valence-corrected chi connectivity index (χ3v) is 4.99. The summed E-state index contributed by atoms with van der Waals surface area (Å²) in [5, 5.41) is 8.78. The third kappa shape index (κ3) is 4.23. The summed E-state index contributed by atoms with van der Waals surface area (Å²) in [6.45, 7) is 2.29. The number of sulfonamides is 1. The summed E-state index contributed by atoms with van der Waals surface area (Å²) in [5.74, 6) is -0.404. The molecule has 1 atom stereocenters. The number of carboxylic acid groups (broad SMARTS) is 1. The van der Waals surface area contributed by atoms with Crippen LogP contribution in [0.3, 0.4) is 0 Å². The van der Waals surface area contributed by atoms with Gasteiger partial charge in [0.05, 0.1) is 18.7 Å². The molecule has 1 fully saturated rings. The smallest absolute Gasteiger partial charge is 0.303 e. The van der Waals surface area contributed by atoms with Gasteiger partial charge in [0.25, 0.3) is 0 Å². The molecule has 0 unspecified atom stereocenters. The van der Waals surface area contributed by atoms with Crippen LogP contribution in [0.1, 0.15) is 48.9 Å². The molecule has 1 aliphatic heterocycles. The van der Waals surface area contributed by atoms with Crippen LogP contribution in [-0.2, 0) is 21.2 Å². The minimum Gasteiger partial charge on any atom is -0.481 e. The van der Waals surface area contributed by atoms with E-state index in [0.29, 0.717) is 30.9 Å². The Kier molecular flexibility index (Phi) is 5.12. The fourth-order valence-electron chi connectivity index (χ4n) is 2.73. The minimum atomic E-state index is -3.32. The lowest BCUT2D eigenvalue weighted by molar-refractivity contribution is -0.136. The first-order valence-electron chi connectivity index (χ1n) is 7.30. The van der Waals surface area contributed by atoms with E-state index in [9.17, 15) is 13.2 Å². The van der Waals surface area contributed by atoms with Gasteiger partial charge in [-0.3, -0.25) is 4.79 Å². The van der Waals surface area contributed by atoms with E-state index < -0.39 is 16.0 Å². The first kappa shape index (κ1) is 16.8. The largest absolute Gasteiger partial charge is 0.481 e. The summed E-state index contributed by atoms with van der Waals surface area (Å²) in [4.78, 5) is 19.5. The van der Waals surface area contributed by atoms with Crippen molar-refractivity contribution in [3.05, 3.63) is 23.3 Å². The van der Waals surface area contributed by atoms with Crippen molar-refractivity contribution < 1.29 is 18.3 Å². The lowest BCUT2D eigenvalue weighted by atomic mass is 10.0. The lowest BCUT2D eigenvalue weighted by Gasteiger charge is -2.32. The van der Waals surface area contributed by atoms with Crippen molar-refractivity contribution in [1.29, 1.82) is 0 Å². The van der Waals surface area contributed by atoms with E-state index in [1.807, 2.05) is 6.92 Å². The van der Waals surface area contributed by atoms with Gasteiger partial charge in [-0.15, -0.1) is 0 Å². The maximum atomic E-state index is 11.9. The maximum Gasteiger partial charge on any atom is 0.303 e. The van der Waals surface area contributed by atoms with Crippen molar-refractivity contribution in [2.45, 2.75) is 45.1 Å². The number of aromatic nitrogens is 2. The first-order valence-corrected chi connectivity index (χ1v) is 9.15. The molecular weight excluding hydrogens is 306 g/mol. The Morgan fingerprint density at radius 1 is 1.41 bits per heavy atom. The van der Waals surface area contributed by atoms with Crippen LogP contribution >= 0.6 is 0 Å². The number of aliphatic carboxylic acids is 1. The number of piperidine rings is 1. The predicted molar refractivity (Wildman–Crippen MR) is 80.9 cm³/mol. The normalized spacial score (nSPS) is 20.0. The van der Waals surface area contributed by atoms with Crippen LogP contribution in [0.25, 0.3) is 0 Å². The monoisotopic (exact) mass is 327 g/mol. The standard InChI is InChI=1S/C14H21N3O4S/c1-10-9-11(6-7-13(18)19)16-14(15-10)12-5-3-4-8-17(12)22(2,20)21/h9,12H,3-8H2,1-2H3,(H,18,19)/t12-/m0/s1. The van der Waals surface area contributed by atoms with E-state index in [1.54, 1.807) is 6.07 Å². The molecule has 2 heterocycles. The number of nitrogens with zero attached hydrogens (tertiary/aromatic N) is 3. The highest BCUT2D eigenvalue weighted by molar-refractivity contribution is 7.88. The second-order valence-corrected chi connectivity index (χ2v) is 7.57. The molecule has 0 aliphatic carbocycles. The number of carboxylic acids is 1. The Labute approximate surface area is 130 Å². The average Bonchev–Trinajstić information content (AvgIpc) is 2.43. The molecular formula is C14H21N3O4S. The number of hydrogen-bond acceptors (Lipinski definition) is 5. The topological polar surface area (TPSA) is 100 Å². The molecule has 0 saturated carbocycles. The molecule has 1 aromatic rings. The highest BCUT2D eigenvalue weighted by Crippen LogP contribution is 2.31. The minimum absolute atomic E-state index is 0.00362. The van der Waals surface area contributed by atoms with Crippen molar-refractivity contribution in [2.24, 2.45) is 0 Å². The van der Waals surface area contributed by atoms with Gasteiger partial charge in [-0.2, -0.15) is 4.31 Å². The van der Waals surface area contributed by atoms with E-state index in [0.717, 1.165) is 18.5 Å². The second-order valence-electron chi connectivity index (χ2n) is 5.64. The zero-order valence-corrected chi connectivity index (χ0v) is 13.6. The van der Waals surface area contributed by atoms with Gasteiger partial charge in [0.15, 0.2) is 0 Å².